The zero-order valence-corrected chi connectivity index (χ0v) is 13.4. The van der Waals surface area contributed by atoms with E-state index in [-0.39, 0.29) is 0 Å². The van der Waals surface area contributed by atoms with Gasteiger partial charge < -0.3 is 4.90 Å². The summed E-state index contributed by atoms with van der Waals surface area (Å²) in [6, 6.07) is 0.519. The largest absolute Gasteiger partial charge is 0.339 e. The van der Waals surface area contributed by atoms with Crippen molar-refractivity contribution in [2.45, 2.75) is 58.9 Å². The number of rotatable bonds is 5. The number of carbonyl (C=O) groups is 1. The Hall–Kier alpha value is -0.830. The molecule has 2 fully saturated rings. The van der Waals surface area contributed by atoms with Gasteiger partial charge in [-0.25, -0.2) is 0 Å². The van der Waals surface area contributed by atoms with E-state index in [2.05, 4.69) is 36.6 Å². The van der Waals surface area contributed by atoms with E-state index >= 15 is 0 Å². The molecule has 2 heterocycles. The Bertz CT molecular complexity index is 360. The normalized spacial score (nSPS) is 27.4. The average Bonchev–Trinajstić information content (AvgIpc) is 2.44. The van der Waals surface area contributed by atoms with Crippen LogP contribution in [0.5, 0.6) is 0 Å². The number of fused-ring (bicyclic) bond motifs is 1. The summed E-state index contributed by atoms with van der Waals surface area (Å²) in [6.07, 6.45) is 7.67. The number of hydrogen-bond donors (Lipinski definition) is 0. The summed E-state index contributed by atoms with van der Waals surface area (Å²) in [5, 5.41) is 0. The Labute approximate surface area is 124 Å². The third-order valence-corrected chi connectivity index (χ3v) is 4.74. The van der Waals surface area contributed by atoms with Crippen LogP contribution in [0.1, 0.15) is 52.9 Å². The lowest BCUT2D eigenvalue weighted by Gasteiger charge is -2.47. The first-order valence-corrected chi connectivity index (χ1v) is 8.27. The molecule has 114 valence electrons. The lowest BCUT2D eigenvalue weighted by atomic mass is 9.83. The van der Waals surface area contributed by atoms with E-state index in [0.717, 1.165) is 45.3 Å². The van der Waals surface area contributed by atoms with Gasteiger partial charge in [0, 0.05) is 38.6 Å². The zero-order valence-electron chi connectivity index (χ0n) is 13.4. The molecule has 1 amide bonds. The van der Waals surface area contributed by atoms with E-state index in [1.807, 2.05) is 0 Å². The highest BCUT2D eigenvalue weighted by Gasteiger charge is 2.38. The van der Waals surface area contributed by atoms with Crippen LogP contribution < -0.4 is 0 Å². The molecule has 3 heteroatoms. The van der Waals surface area contributed by atoms with Crippen LogP contribution in [-0.2, 0) is 4.79 Å². The molecular weight excluding hydrogens is 248 g/mol. The predicted octanol–water partition coefficient (Wildman–Crippen LogP) is 3.07. The maximum atomic E-state index is 12.2. The van der Waals surface area contributed by atoms with Gasteiger partial charge in [-0.15, -0.1) is 0 Å². The monoisotopic (exact) mass is 278 g/mol. The molecule has 2 aliphatic rings. The van der Waals surface area contributed by atoms with Crippen molar-refractivity contribution in [1.29, 1.82) is 0 Å². The van der Waals surface area contributed by atoms with Crippen molar-refractivity contribution in [1.82, 2.24) is 9.80 Å². The molecule has 2 saturated heterocycles. The van der Waals surface area contributed by atoms with Crippen LogP contribution in [0.15, 0.2) is 11.6 Å². The Kier molecular flexibility index (Phi) is 5.64. The third-order valence-electron chi connectivity index (χ3n) is 4.74. The van der Waals surface area contributed by atoms with E-state index in [9.17, 15) is 4.79 Å². The van der Waals surface area contributed by atoms with Crippen LogP contribution in [0.2, 0.25) is 0 Å². The summed E-state index contributed by atoms with van der Waals surface area (Å²) in [5.74, 6) is 1.10. The summed E-state index contributed by atoms with van der Waals surface area (Å²) >= 11 is 0. The van der Waals surface area contributed by atoms with Crippen LogP contribution in [0.3, 0.4) is 0 Å². The highest BCUT2D eigenvalue weighted by atomic mass is 16.2. The second-order valence-corrected chi connectivity index (χ2v) is 6.64. The first-order valence-electron chi connectivity index (χ1n) is 8.27. The Balaban J connectivity index is 1.93. The van der Waals surface area contributed by atoms with Gasteiger partial charge in [0.1, 0.15) is 0 Å². The van der Waals surface area contributed by atoms with Crippen LogP contribution in [-0.4, -0.2) is 47.9 Å². The van der Waals surface area contributed by atoms with Gasteiger partial charge in [0.2, 0.25) is 5.91 Å². The van der Waals surface area contributed by atoms with Gasteiger partial charge in [-0.2, -0.15) is 0 Å². The lowest BCUT2D eigenvalue weighted by molar-refractivity contribution is -0.141. The Morgan fingerprint density at radius 3 is 2.85 bits per heavy atom. The van der Waals surface area contributed by atoms with E-state index in [1.54, 1.807) is 0 Å². The molecule has 0 aromatic rings. The maximum Gasteiger partial charge on any atom is 0.222 e. The fourth-order valence-corrected chi connectivity index (χ4v) is 3.52. The highest BCUT2D eigenvalue weighted by Crippen LogP contribution is 2.31. The van der Waals surface area contributed by atoms with Crippen molar-refractivity contribution < 1.29 is 4.79 Å². The fourth-order valence-electron chi connectivity index (χ4n) is 3.52. The molecule has 0 aromatic carbocycles. The first-order chi connectivity index (χ1) is 9.61. The van der Waals surface area contributed by atoms with E-state index in [4.69, 9.17) is 0 Å². The molecular formula is C17H30N2O. The second-order valence-electron chi connectivity index (χ2n) is 6.64. The zero-order chi connectivity index (χ0) is 14.5. The van der Waals surface area contributed by atoms with Gasteiger partial charge in [-0.3, -0.25) is 9.69 Å². The van der Waals surface area contributed by atoms with Gasteiger partial charge >= 0.3 is 0 Å². The molecule has 0 radical (unpaired) electrons. The third kappa shape index (κ3) is 3.85. The number of nitrogens with zero attached hydrogens (tertiary/aromatic N) is 2. The Morgan fingerprint density at radius 2 is 2.15 bits per heavy atom. The van der Waals surface area contributed by atoms with E-state index in [0.29, 0.717) is 17.9 Å². The average molecular weight is 278 g/mol. The molecule has 0 N–H and O–H groups in total. The quantitative estimate of drug-likeness (QED) is 0.722. The van der Waals surface area contributed by atoms with Crippen molar-refractivity contribution in [3.63, 3.8) is 0 Å². The number of piperidine rings is 2. The molecule has 2 atom stereocenters. The summed E-state index contributed by atoms with van der Waals surface area (Å²) < 4.78 is 0. The highest BCUT2D eigenvalue weighted by molar-refractivity contribution is 5.77. The van der Waals surface area contributed by atoms with Crippen LogP contribution in [0.4, 0.5) is 0 Å². The van der Waals surface area contributed by atoms with Gasteiger partial charge in [-0.1, -0.05) is 25.0 Å². The number of allylic oxidation sites excluding steroid dienone is 1. The molecule has 0 unspecified atom stereocenters. The fraction of sp³-hybridized carbons (Fsp3) is 0.824. The van der Waals surface area contributed by atoms with Gasteiger partial charge in [0.25, 0.3) is 0 Å². The maximum absolute atomic E-state index is 12.2. The number of likely N-dealkylation sites (tertiary alicyclic amines) is 2. The first kappa shape index (κ1) is 15.6. The molecule has 0 aliphatic carbocycles. The SMILES string of the molecule is CCCCN1C(=O)CC[C@@H]2CN(CC=C(C)C)CC[C@@H]21. The minimum Gasteiger partial charge on any atom is -0.339 e. The smallest absolute Gasteiger partial charge is 0.222 e. The number of amides is 1. The summed E-state index contributed by atoms with van der Waals surface area (Å²) in [4.78, 5) is 16.9. The van der Waals surface area contributed by atoms with E-state index in [1.165, 1.54) is 18.5 Å². The topological polar surface area (TPSA) is 23.6 Å². The van der Waals surface area contributed by atoms with Gasteiger partial charge in [0.05, 0.1) is 0 Å². The number of carbonyl (C=O) groups excluding carboxylic acids is 1. The van der Waals surface area contributed by atoms with Gasteiger partial charge in [-0.05, 0) is 39.0 Å². The molecule has 0 saturated carbocycles. The van der Waals surface area contributed by atoms with Crippen LogP contribution in [0.25, 0.3) is 0 Å². The summed E-state index contributed by atoms with van der Waals surface area (Å²) in [7, 11) is 0. The molecule has 0 spiro atoms. The van der Waals surface area contributed by atoms with Crippen LogP contribution in [0, 0.1) is 5.92 Å². The van der Waals surface area contributed by atoms with E-state index < -0.39 is 0 Å². The minimum atomic E-state index is 0.400. The molecule has 0 aromatic heterocycles. The summed E-state index contributed by atoms with van der Waals surface area (Å²) in [5.41, 5.74) is 1.40. The van der Waals surface area contributed by atoms with Crippen molar-refractivity contribution in [3.05, 3.63) is 11.6 Å². The van der Waals surface area contributed by atoms with Crippen LogP contribution >= 0.6 is 0 Å². The molecule has 2 aliphatic heterocycles. The standard InChI is InChI=1S/C17H30N2O/c1-4-5-10-19-16-9-12-18(11-8-14(2)3)13-15(16)6-7-17(19)20/h8,15-16H,4-7,9-13H2,1-3H3/t15-,16+/m1/s1. The second kappa shape index (κ2) is 7.26. The lowest BCUT2D eigenvalue weighted by Crippen LogP contribution is -2.56. The van der Waals surface area contributed by atoms with Crippen molar-refractivity contribution >= 4 is 5.91 Å². The van der Waals surface area contributed by atoms with Crippen molar-refractivity contribution in [2.75, 3.05) is 26.2 Å². The summed E-state index contributed by atoms with van der Waals surface area (Å²) in [6.45, 7) is 10.9. The minimum absolute atomic E-state index is 0.400. The molecule has 3 nitrogen and oxygen atoms in total. The van der Waals surface area contributed by atoms with Gasteiger partial charge in [0.15, 0.2) is 0 Å². The number of hydrogen-bond acceptors (Lipinski definition) is 2. The van der Waals surface area contributed by atoms with Crippen molar-refractivity contribution in [3.8, 4) is 0 Å². The Morgan fingerprint density at radius 1 is 1.35 bits per heavy atom. The number of unbranched alkanes of at least 4 members (excludes halogenated alkanes) is 1. The molecule has 20 heavy (non-hydrogen) atoms. The van der Waals surface area contributed by atoms with Crippen molar-refractivity contribution in [2.24, 2.45) is 5.92 Å². The molecule has 2 rings (SSSR count). The predicted molar refractivity (Wildman–Crippen MR) is 83.6 cm³/mol. The molecule has 0 bridgehead atoms.